The fourth-order valence-corrected chi connectivity index (χ4v) is 0.713. The normalized spacial score (nSPS) is 9.23. The molecular formula is C9H19ClMgO2. The molecule has 2 nitrogen and oxygen atoms in total. The number of rotatable bonds is 7. The van der Waals surface area contributed by atoms with Crippen LogP contribution in [0.1, 0.15) is 33.1 Å². The monoisotopic (exact) mass is 218 g/mol. The summed E-state index contributed by atoms with van der Waals surface area (Å²) in [5, 5.41) is 0. The number of ether oxygens (including phenoxy) is 2. The molecule has 0 aliphatic carbocycles. The number of hydrogen-bond donors (Lipinski definition) is 0. The van der Waals surface area contributed by atoms with Crippen molar-refractivity contribution in [1.29, 1.82) is 0 Å². The summed E-state index contributed by atoms with van der Waals surface area (Å²) in [6.07, 6.45) is 2.67. The van der Waals surface area contributed by atoms with Crippen molar-refractivity contribution in [2.45, 2.75) is 39.4 Å². The maximum atomic E-state index is 5.36. The van der Waals surface area contributed by atoms with Crippen LogP contribution in [0.2, 0.25) is 0 Å². The summed E-state index contributed by atoms with van der Waals surface area (Å²) < 4.78 is 10.7. The zero-order valence-corrected chi connectivity index (χ0v) is 10.9. The van der Waals surface area contributed by atoms with Gasteiger partial charge in [0.15, 0.2) is 0 Å². The first-order valence-corrected chi connectivity index (χ1v) is 4.37. The Morgan fingerprint density at radius 1 is 1.08 bits per heavy atom. The van der Waals surface area contributed by atoms with Crippen molar-refractivity contribution in [3.05, 3.63) is 6.92 Å². The van der Waals surface area contributed by atoms with Gasteiger partial charge in [0.1, 0.15) is 6.29 Å². The van der Waals surface area contributed by atoms with E-state index < -0.39 is 0 Å². The molecule has 0 N–H and O–H groups in total. The SMILES string of the molecule is [CH2-]CC(OCCC)OCCC.[Cl-].[Mg+2]. The molecule has 0 rings (SSSR count). The summed E-state index contributed by atoms with van der Waals surface area (Å²) in [6.45, 7) is 9.44. The zero-order valence-electron chi connectivity index (χ0n) is 8.72. The number of halogens is 1. The molecule has 0 aromatic heterocycles. The Bertz CT molecular complexity index is 76.0. The Morgan fingerprint density at radius 3 is 1.69 bits per heavy atom. The topological polar surface area (TPSA) is 18.5 Å². The summed E-state index contributed by atoms with van der Waals surface area (Å²) >= 11 is 0. The molecule has 0 atom stereocenters. The van der Waals surface area contributed by atoms with E-state index in [1.54, 1.807) is 0 Å². The standard InChI is InChI=1S/C9H19O2.ClH.Mg/c1-4-7-10-9(6-3)11-8-5-2;;/h9H,3-8H2,1-2H3;1H;/q-1;;+2/p-1. The minimum absolute atomic E-state index is 0. The maximum absolute atomic E-state index is 5.36. The van der Waals surface area contributed by atoms with Crippen LogP contribution in [-0.4, -0.2) is 42.6 Å². The zero-order chi connectivity index (χ0) is 8.53. The van der Waals surface area contributed by atoms with Gasteiger partial charge >= 0.3 is 23.1 Å². The Hall–Kier alpha value is 0.976. The molecule has 0 aliphatic heterocycles. The summed E-state index contributed by atoms with van der Waals surface area (Å²) in [4.78, 5) is 0. The Balaban J connectivity index is -0.000000500. The van der Waals surface area contributed by atoms with Gasteiger partial charge in [-0.3, -0.25) is 0 Å². The van der Waals surface area contributed by atoms with E-state index in [1.807, 2.05) is 0 Å². The van der Waals surface area contributed by atoms with E-state index in [2.05, 4.69) is 20.8 Å². The van der Waals surface area contributed by atoms with Crippen molar-refractivity contribution in [3.63, 3.8) is 0 Å². The fraction of sp³-hybridized carbons (Fsp3) is 0.889. The quantitative estimate of drug-likeness (QED) is 0.311. The number of hydrogen-bond acceptors (Lipinski definition) is 2. The van der Waals surface area contributed by atoms with Gasteiger partial charge in [0.25, 0.3) is 0 Å². The summed E-state index contributed by atoms with van der Waals surface area (Å²) in [6, 6.07) is 0. The largest absolute Gasteiger partial charge is 2.00 e. The minimum atomic E-state index is -0.0881. The third-order valence-electron chi connectivity index (χ3n) is 1.25. The van der Waals surface area contributed by atoms with E-state index in [9.17, 15) is 0 Å². The van der Waals surface area contributed by atoms with E-state index >= 15 is 0 Å². The summed E-state index contributed by atoms with van der Waals surface area (Å²) in [7, 11) is 0. The molecule has 0 heterocycles. The van der Waals surface area contributed by atoms with Crippen molar-refractivity contribution in [2.24, 2.45) is 0 Å². The second-order valence-corrected chi connectivity index (χ2v) is 2.46. The average molecular weight is 219 g/mol. The summed E-state index contributed by atoms with van der Waals surface area (Å²) in [5.74, 6) is 0. The van der Waals surface area contributed by atoms with Crippen LogP contribution in [0, 0.1) is 6.92 Å². The van der Waals surface area contributed by atoms with Gasteiger partial charge in [-0.2, -0.15) is 0 Å². The predicted octanol–water partition coefficient (Wildman–Crippen LogP) is -0.987. The molecule has 0 bridgehead atoms. The Kier molecular flexibility index (Phi) is 23.2. The van der Waals surface area contributed by atoms with Gasteiger partial charge in [-0.05, 0) is 12.8 Å². The van der Waals surface area contributed by atoms with Crippen LogP contribution >= 0.6 is 0 Å². The van der Waals surface area contributed by atoms with Crippen LogP contribution in [0.5, 0.6) is 0 Å². The molecule has 13 heavy (non-hydrogen) atoms. The second-order valence-electron chi connectivity index (χ2n) is 2.46. The molecule has 0 amide bonds. The van der Waals surface area contributed by atoms with Gasteiger partial charge < -0.3 is 28.8 Å². The van der Waals surface area contributed by atoms with Crippen molar-refractivity contribution < 1.29 is 21.9 Å². The fourth-order valence-electron chi connectivity index (χ4n) is 0.713. The molecule has 0 saturated carbocycles. The Labute approximate surface area is 104 Å². The van der Waals surface area contributed by atoms with Gasteiger partial charge in [0.2, 0.25) is 0 Å². The van der Waals surface area contributed by atoms with Gasteiger partial charge in [-0.25, -0.2) is 0 Å². The van der Waals surface area contributed by atoms with E-state index in [0.29, 0.717) is 6.42 Å². The first kappa shape index (κ1) is 19.5. The Morgan fingerprint density at radius 2 is 1.46 bits per heavy atom. The third-order valence-corrected chi connectivity index (χ3v) is 1.25. The summed E-state index contributed by atoms with van der Waals surface area (Å²) in [5.41, 5.74) is 0. The van der Waals surface area contributed by atoms with E-state index in [1.165, 1.54) is 0 Å². The first-order valence-electron chi connectivity index (χ1n) is 4.37. The smallest absolute Gasteiger partial charge is 1.00 e. The van der Waals surface area contributed by atoms with Crippen LogP contribution in [0.4, 0.5) is 0 Å². The van der Waals surface area contributed by atoms with Crippen LogP contribution in [-0.2, 0) is 9.47 Å². The van der Waals surface area contributed by atoms with E-state index in [-0.39, 0.29) is 41.7 Å². The molecule has 0 saturated heterocycles. The van der Waals surface area contributed by atoms with Crippen molar-refractivity contribution in [2.75, 3.05) is 13.2 Å². The van der Waals surface area contributed by atoms with Crippen LogP contribution in [0.3, 0.4) is 0 Å². The van der Waals surface area contributed by atoms with Gasteiger partial charge in [0.05, 0.1) is 0 Å². The molecule has 0 radical (unpaired) electrons. The second kappa shape index (κ2) is 15.4. The molecule has 0 aromatic rings. The molecule has 0 spiro atoms. The van der Waals surface area contributed by atoms with Crippen LogP contribution in [0.25, 0.3) is 0 Å². The van der Waals surface area contributed by atoms with Gasteiger partial charge in [0, 0.05) is 13.2 Å². The van der Waals surface area contributed by atoms with Crippen molar-refractivity contribution in [1.82, 2.24) is 0 Å². The van der Waals surface area contributed by atoms with Gasteiger partial charge in [-0.1, -0.05) is 13.8 Å². The molecule has 0 fully saturated rings. The van der Waals surface area contributed by atoms with E-state index in [0.717, 1.165) is 26.1 Å². The van der Waals surface area contributed by atoms with Crippen LogP contribution < -0.4 is 12.4 Å². The molecule has 76 valence electrons. The van der Waals surface area contributed by atoms with E-state index in [4.69, 9.17) is 9.47 Å². The molecule has 0 aromatic carbocycles. The third kappa shape index (κ3) is 13.0. The van der Waals surface area contributed by atoms with Crippen LogP contribution in [0.15, 0.2) is 0 Å². The van der Waals surface area contributed by atoms with Crippen molar-refractivity contribution in [3.8, 4) is 0 Å². The molecular weight excluding hydrogens is 200 g/mol. The van der Waals surface area contributed by atoms with Crippen molar-refractivity contribution >= 4 is 23.1 Å². The molecule has 4 heteroatoms. The minimum Gasteiger partial charge on any atom is -1.00 e. The van der Waals surface area contributed by atoms with Gasteiger partial charge in [-0.15, -0.1) is 6.42 Å². The average Bonchev–Trinajstić information content (AvgIpc) is 2.05. The maximum Gasteiger partial charge on any atom is 2.00 e. The first-order chi connectivity index (χ1) is 5.35. The predicted molar refractivity (Wildman–Crippen MR) is 52.0 cm³/mol. The molecule has 0 aliphatic rings. The molecule has 0 unspecified atom stereocenters.